The highest BCUT2D eigenvalue weighted by atomic mass is 35.5. The predicted molar refractivity (Wildman–Crippen MR) is 80.7 cm³/mol. The molecule has 0 bridgehead atoms. The van der Waals surface area contributed by atoms with Crippen molar-refractivity contribution >= 4 is 34.8 Å². The molecule has 0 heterocycles. The minimum atomic E-state index is 0.400. The van der Waals surface area contributed by atoms with Crippen LogP contribution in [0.15, 0.2) is 36.4 Å². The monoisotopic (exact) mass is 315 g/mol. The lowest BCUT2D eigenvalue weighted by Crippen LogP contribution is -2.02. The Morgan fingerprint density at radius 2 is 1.53 bits per heavy atom. The average Bonchev–Trinajstić information content (AvgIpc) is 2.38. The molecule has 0 amide bonds. The Labute approximate surface area is 127 Å². The van der Waals surface area contributed by atoms with Gasteiger partial charge in [-0.2, -0.15) is 0 Å². The van der Waals surface area contributed by atoms with E-state index in [1.54, 1.807) is 12.1 Å². The van der Waals surface area contributed by atoms with Crippen LogP contribution in [0.2, 0.25) is 15.1 Å². The Balaban J connectivity index is 2.19. The topological polar surface area (TPSA) is 35.2 Å². The summed E-state index contributed by atoms with van der Waals surface area (Å²) in [6, 6.07) is 10.8. The third kappa shape index (κ3) is 3.77. The third-order valence-electron chi connectivity index (χ3n) is 2.56. The van der Waals surface area contributed by atoms with Crippen molar-refractivity contribution in [3.8, 4) is 11.5 Å². The summed E-state index contributed by atoms with van der Waals surface area (Å²) in [5.74, 6) is 1.16. The summed E-state index contributed by atoms with van der Waals surface area (Å²) in [6.07, 6.45) is 0.841. The maximum absolute atomic E-state index is 6.05. The first-order chi connectivity index (χ1) is 9.10. The minimum absolute atomic E-state index is 0.400. The van der Waals surface area contributed by atoms with Gasteiger partial charge in [0.1, 0.15) is 11.5 Å². The fourth-order valence-electron chi connectivity index (χ4n) is 1.60. The Morgan fingerprint density at radius 3 is 2.16 bits per heavy atom. The van der Waals surface area contributed by atoms with E-state index in [0.29, 0.717) is 33.1 Å². The van der Waals surface area contributed by atoms with Gasteiger partial charge in [-0.25, -0.2) is 0 Å². The Hall–Kier alpha value is -0.930. The molecule has 0 spiro atoms. The molecule has 0 aromatic heterocycles. The van der Waals surface area contributed by atoms with Crippen LogP contribution in [-0.2, 0) is 6.42 Å². The summed E-state index contributed by atoms with van der Waals surface area (Å²) in [4.78, 5) is 0. The molecule has 2 rings (SSSR count). The second-order valence-electron chi connectivity index (χ2n) is 3.98. The van der Waals surface area contributed by atoms with Gasteiger partial charge in [0.2, 0.25) is 0 Å². The van der Waals surface area contributed by atoms with Crippen LogP contribution in [0.5, 0.6) is 11.5 Å². The zero-order chi connectivity index (χ0) is 13.8. The van der Waals surface area contributed by atoms with Crippen molar-refractivity contribution in [1.29, 1.82) is 0 Å². The first-order valence-electron chi connectivity index (χ1n) is 5.71. The van der Waals surface area contributed by atoms with Crippen LogP contribution < -0.4 is 10.5 Å². The van der Waals surface area contributed by atoms with Gasteiger partial charge in [0, 0.05) is 6.07 Å². The molecule has 2 nitrogen and oxygen atoms in total. The van der Waals surface area contributed by atoms with Gasteiger partial charge >= 0.3 is 0 Å². The largest absolute Gasteiger partial charge is 0.456 e. The molecular weight excluding hydrogens is 305 g/mol. The second kappa shape index (κ2) is 6.49. The number of ether oxygens (including phenoxy) is 1. The molecule has 0 aliphatic rings. The van der Waals surface area contributed by atoms with Crippen LogP contribution >= 0.6 is 34.8 Å². The molecule has 0 unspecified atom stereocenters. The van der Waals surface area contributed by atoms with E-state index >= 15 is 0 Å². The molecule has 2 aromatic carbocycles. The van der Waals surface area contributed by atoms with Gasteiger partial charge in [-0.1, -0.05) is 46.9 Å². The van der Waals surface area contributed by atoms with E-state index in [1.165, 1.54) is 0 Å². The van der Waals surface area contributed by atoms with E-state index in [2.05, 4.69) is 0 Å². The highest BCUT2D eigenvalue weighted by Crippen LogP contribution is 2.36. The molecule has 0 saturated heterocycles. The molecule has 0 aliphatic carbocycles. The quantitative estimate of drug-likeness (QED) is 0.811. The lowest BCUT2D eigenvalue weighted by molar-refractivity contribution is 0.483. The first-order valence-corrected chi connectivity index (χ1v) is 6.85. The van der Waals surface area contributed by atoms with E-state index in [4.69, 9.17) is 45.3 Å². The van der Waals surface area contributed by atoms with Gasteiger partial charge in [-0.15, -0.1) is 0 Å². The summed E-state index contributed by atoms with van der Waals surface area (Å²) in [5, 5.41) is 1.22. The van der Waals surface area contributed by atoms with Crippen molar-refractivity contribution in [1.82, 2.24) is 0 Å². The molecular formula is C14H12Cl3NO. The normalized spacial score (nSPS) is 10.5. The number of hydrogen-bond acceptors (Lipinski definition) is 2. The molecule has 100 valence electrons. The van der Waals surface area contributed by atoms with E-state index < -0.39 is 0 Å². The zero-order valence-corrected chi connectivity index (χ0v) is 12.3. The minimum Gasteiger partial charge on any atom is -0.456 e. The maximum Gasteiger partial charge on any atom is 0.147 e. The Morgan fingerprint density at radius 1 is 0.895 bits per heavy atom. The van der Waals surface area contributed by atoms with E-state index in [0.717, 1.165) is 12.0 Å². The molecule has 2 N–H and O–H groups in total. The second-order valence-corrected chi connectivity index (χ2v) is 5.20. The zero-order valence-electron chi connectivity index (χ0n) is 10.00. The number of halogens is 3. The van der Waals surface area contributed by atoms with Crippen LogP contribution in [0.1, 0.15) is 5.56 Å². The lowest BCUT2D eigenvalue weighted by atomic mass is 10.1. The number of benzene rings is 2. The molecule has 0 aliphatic heterocycles. The molecule has 0 atom stereocenters. The van der Waals surface area contributed by atoms with Gasteiger partial charge in [0.15, 0.2) is 0 Å². The van der Waals surface area contributed by atoms with Gasteiger partial charge in [-0.3, -0.25) is 0 Å². The van der Waals surface area contributed by atoms with Gasteiger partial charge < -0.3 is 10.5 Å². The van der Waals surface area contributed by atoms with Crippen molar-refractivity contribution in [2.75, 3.05) is 6.54 Å². The van der Waals surface area contributed by atoms with Crippen molar-refractivity contribution in [3.05, 3.63) is 57.0 Å². The van der Waals surface area contributed by atoms with Crippen molar-refractivity contribution in [2.45, 2.75) is 6.42 Å². The van der Waals surface area contributed by atoms with Crippen LogP contribution in [0.4, 0.5) is 0 Å². The van der Waals surface area contributed by atoms with E-state index in [-0.39, 0.29) is 0 Å². The van der Waals surface area contributed by atoms with E-state index in [1.807, 2.05) is 24.3 Å². The molecule has 19 heavy (non-hydrogen) atoms. The van der Waals surface area contributed by atoms with Crippen molar-refractivity contribution < 1.29 is 4.74 Å². The van der Waals surface area contributed by atoms with Crippen molar-refractivity contribution in [3.63, 3.8) is 0 Å². The van der Waals surface area contributed by atoms with Crippen LogP contribution in [0.3, 0.4) is 0 Å². The highest BCUT2D eigenvalue weighted by Gasteiger charge is 2.08. The average molecular weight is 317 g/mol. The SMILES string of the molecule is NCCc1ccc(Oc2cc(Cl)c(Cl)cc2Cl)cc1. The summed E-state index contributed by atoms with van der Waals surface area (Å²) >= 11 is 17.8. The molecule has 0 radical (unpaired) electrons. The Bertz CT molecular complexity index is 570. The molecule has 2 aromatic rings. The van der Waals surface area contributed by atoms with E-state index in [9.17, 15) is 0 Å². The van der Waals surface area contributed by atoms with Crippen LogP contribution in [0, 0.1) is 0 Å². The van der Waals surface area contributed by atoms with Crippen LogP contribution in [-0.4, -0.2) is 6.54 Å². The fraction of sp³-hybridized carbons (Fsp3) is 0.143. The van der Waals surface area contributed by atoms with Gasteiger partial charge in [0.25, 0.3) is 0 Å². The number of rotatable bonds is 4. The number of hydrogen-bond donors (Lipinski definition) is 1. The predicted octanol–water partition coefficient (Wildman–Crippen LogP) is 4.94. The molecule has 0 fully saturated rings. The number of nitrogens with two attached hydrogens (primary N) is 1. The molecule has 5 heteroatoms. The first kappa shape index (κ1) is 14.5. The summed E-state index contributed by atoms with van der Waals surface area (Å²) in [7, 11) is 0. The summed E-state index contributed by atoms with van der Waals surface area (Å²) < 4.78 is 5.67. The van der Waals surface area contributed by atoms with Crippen molar-refractivity contribution in [2.24, 2.45) is 5.73 Å². The van der Waals surface area contributed by atoms with Gasteiger partial charge in [-0.05, 0) is 36.7 Å². The standard InChI is InChI=1S/C14H12Cl3NO/c15-11-7-13(17)14(8-12(11)16)19-10-3-1-9(2-4-10)5-6-18/h1-4,7-8H,5-6,18H2. The highest BCUT2D eigenvalue weighted by molar-refractivity contribution is 6.43. The molecule has 0 saturated carbocycles. The smallest absolute Gasteiger partial charge is 0.147 e. The summed E-state index contributed by atoms with van der Waals surface area (Å²) in [5.41, 5.74) is 6.66. The van der Waals surface area contributed by atoms with Gasteiger partial charge in [0.05, 0.1) is 15.1 Å². The third-order valence-corrected chi connectivity index (χ3v) is 3.58. The Kier molecular flexibility index (Phi) is 4.94. The van der Waals surface area contributed by atoms with Crippen LogP contribution in [0.25, 0.3) is 0 Å². The maximum atomic E-state index is 6.05. The summed E-state index contributed by atoms with van der Waals surface area (Å²) in [6.45, 7) is 0.624. The lowest BCUT2D eigenvalue weighted by Gasteiger charge is -2.09. The fourth-order valence-corrected chi connectivity index (χ4v) is 2.18.